The maximum Gasteiger partial charge on any atom is 0.0527 e. The predicted octanol–water partition coefficient (Wildman–Crippen LogP) is -31.9. The molecule has 0 bridgehead atoms. The van der Waals surface area contributed by atoms with E-state index < -0.39 is 269 Å². The Morgan fingerprint density at radius 3 is 0.310 bits per heavy atom. The quantitative estimate of drug-likeness (QED) is 0.0422. The Kier molecular flexibility index (Phi) is 46.1. The van der Waals surface area contributed by atoms with Gasteiger partial charge in [-0.05, 0) is 0 Å². The molecule has 0 spiro atoms. The zero-order valence-electron chi connectivity index (χ0n) is 50.1. The van der Waals surface area contributed by atoms with E-state index in [1.165, 1.54) is 0 Å². The summed E-state index contributed by atoms with van der Waals surface area (Å²) >= 11 is 0. The van der Waals surface area contributed by atoms with E-state index in [-0.39, 0.29) is 0 Å². The summed E-state index contributed by atoms with van der Waals surface area (Å²) in [5, 5.41) is 0. The van der Waals surface area contributed by atoms with E-state index in [0.717, 1.165) is 7.06 Å². The lowest BCUT2D eigenvalue weighted by atomic mass is 8.36. The average Bonchev–Trinajstić information content (AvgIpc) is 3.29. The lowest BCUT2D eigenvalue weighted by Gasteiger charge is -2.63. The first-order valence-corrected chi connectivity index (χ1v) is 30.0. The fourth-order valence-electron chi connectivity index (χ4n) is 14.7. The third-order valence-electron chi connectivity index (χ3n) is 17.8. The molecule has 0 rings (SSSR count). The highest BCUT2D eigenvalue weighted by Crippen LogP contribution is 2.53. The molecule has 263 valence electrons. The molecular weight excluding hydrogens is 961 g/mol. The summed E-state index contributed by atoms with van der Waals surface area (Å²) in [5.74, 6) is 0. The van der Waals surface area contributed by atoms with Crippen LogP contribution in [0.3, 0.4) is 0 Å². The summed E-state index contributed by atoms with van der Waals surface area (Å²) in [6.07, 6.45) is -70.5. The molecule has 0 unspecified atom stereocenters. The zero-order chi connectivity index (χ0) is 69.0. The molecule has 0 aliphatic rings. The molecule has 0 aromatic rings. The van der Waals surface area contributed by atoms with E-state index >= 15 is 0 Å². The van der Waals surface area contributed by atoms with Crippen molar-refractivity contribution in [2.75, 3.05) is 0 Å². The minimum Gasteiger partial charge on any atom is -0.253 e. The van der Waals surface area contributed by atoms with E-state index in [4.69, 9.17) is 340 Å². The highest BCUT2D eigenvalue weighted by Gasteiger charge is 2.66. The van der Waals surface area contributed by atoms with Crippen molar-refractivity contribution in [1.29, 1.82) is 0 Å². The number of hydrogen-bond donors (Lipinski definition) is 0. The van der Waals surface area contributed by atoms with Crippen LogP contribution in [0.5, 0.6) is 0 Å². The summed E-state index contributed by atoms with van der Waals surface area (Å²) in [6, 6.07) is 0. The molecule has 87 heteroatoms. The van der Waals surface area contributed by atoms with Gasteiger partial charge in [-0.1, -0.05) is 0 Å². The molecule has 87 heavy (non-hydrogen) atoms. The monoisotopic (exact) mass is 978 g/mol. The number of hydrogen-bond acceptors (Lipinski definition) is 0. The molecule has 0 heterocycles. The lowest BCUT2D eigenvalue weighted by molar-refractivity contribution is 3.21. The summed E-state index contributed by atoms with van der Waals surface area (Å²) in [7, 11) is 304. The van der Waals surface area contributed by atoms with Gasteiger partial charge in [0.2, 0.25) is 0 Å². The first-order chi connectivity index (χ1) is 39.6. The summed E-state index contributed by atoms with van der Waals surface area (Å²) in [6.45, 7) is 0. The molecular formula is B86P. The van der Waals surface area contributed by atoms with E-state index in [1.807, 2.05) is 0 Å². The van der Waals surface area contributed by atoms with Crippen molar-refractivity contribution >= 4 is 616 Å². The van der Waals surface area contributed by atoms with Crippen LogP contribution in [0.25, 0.3) is 0 Å². The van der Waals surface area contributed by atoms with Crippen LogP contribution in [-0.2, 0) is 0 Å². The van der Waals surface area contributed by atoms with Gasteiger partial charge in [0, 0.05) is 590 Å². The van der Waals surface area contributed by atoms with Crippen molar-refractivity contribution in [2.45, 2.75) is 0 Å². The number of rotatable bonds is 42. The standard InChI is InChI=1S/B86P/c1-45-67(44)78(66(42)43)84(79(68(46(2)3)47(4)5)69(48(6)7)49(8)9)87(85(80(70(50(10)11)51(12)13)71(52(14)15)53(16)17)81(72(54(18)19)55(20)21)73(56(22)23)57(24)25)86(82(74(58(26)27)59(28)29)75(60(30)31)61(32)33)83(76(62(34)35)63(36)37)77(64(38)39)65(40)41. The molecule has 0 saturated carbocycles. The SMILES string of the molecule is [B][B]B([B])B(B([B])[B])B(B(B(B([B])[B])B([B])[B])B(B([B])[B])B([B])[B])P(B(B(B(B([B])[B])B([B])[B])B(B([B])[B])B([B])[B])B(B(B([B])[B])B([B])[B])B(B([B])[B])B([B])[B])B(B(B(B([B])[B])B([B])[B])B(B([B])[B])B([B])[B])B(B(B([B])[B])B([B])[B])B(B([B])[B])B([B])[B]. The normalized spacial score (nSPS) is 9.90. The molecule has 0 aromatic carbocycles. The van der Waals surface area contributed by atoms with Crippen molar-refractivity contribution in [3.63, 3.8) is 0 Å². The van der Waals surface area contributed by atoms with E-state index in [0.29, 0.717) is 0 Å². The van der Waals surface area contributed by atoms with Crippen LogP contribution in [0.2, 0.25) is 0 Å². The minimum atomic E-state index is -3.42. The zero-order valence-corrected chi connectivity index (χ0v) is 51.0. The van der Waals surface area contributed by atoms with E-state index in [1.54, 1.807) is 0 Å². The Labute approximate surface area is 610 Å². The molecule has 0 amide bonds. The van der Waals surface area contributed by atoms with Crippen molar-refractivity contribution in [3.8, 4) is 0 Å². The Hall–Kier alpha value is 6.01. The predicted molar refractivity (Wildman–Crippen MR) is 502 cm³/mol. The van der Waals surface area contributed by atoms with Crippen molar-refractivity contribution in [2.24, 2.45) is 0 Å². The molecule has 0 nitrogen and oxygen atoms in total. The van der Waals surface area contributed by atoms with Crippen LogP contribution in [0.15, 0.2) is 0 Å². The molecule has 0 fully saturated rings. The van der Waals surface area contributed by atoms with Crippen LogP contribution >= 0.6 is 7.56 Å². The molecule has 0 aliphatic carbocycles. The van der Waals surface area contributed by atoms with Crippen LogP contribution < -0.4 is 0 Å². The van der Waals surface area contributed by atoms with Gasteiger partial charge >= 0.3 is 0 Å². The van der Waals surface area contributed by atoms with Crippen LogP contribution in [0, 0.1) is 0 Å². The van der Waals surface area contributed by atoms with E-state index in [9.17, 15) is 0 Å². The van der Waals surface area contributed by atoms with Gasteiger partial charge in [-0.2, -0.15) is 0 Å². The largest absolute Gasteiger partial charge is 0.253 e. The first-order valence-electron chi connectivity index (χ1n) is 28.4. The van der Waals surface area contributed by atoms with Crippen molar-refractivity contribution < 1.29 is 0 Å². The second kappa shape index (κ2) is 43.1. The summed E-state index contributed by atoms with van der Waals surface area (Å²) in [5.41, 5.74) is 0. The minimum absolute atomic E-state index is 1.01. The van der Waals surface area contributed by atoms with Gasteiger partial charge in [-0.15, -0.1) is 0 Å². The van der Waals surface area contributed by atoms with Crippen molar-refractivity contribution in [1.82, 2.24) is 0 Å². The summed E-state index contributed by atoms with van der Waals surface area (Å²) < 4.78 is 0. The van der Waals surface area contributed by atoms with Gasteiger partial charge in [0.25, 0.3) is 0 Å². The molecule has 89 radical (unpaired) electrons. The third-order valence-corrected chi connectivity index (χ3v) is 22.0. The molecule has 0 aromatic heterocycles. The Morgan fingerprint density at radius 2 is 0.230 bits per heavy atom. The van der Waals surface area contributed by atoms with Gasteiger partial charge < -0.3 is 0 Å². The second-order valence-corrected chi connectivity index (χ2v) is 26.7. The fraction of sp³-hybridized carbons (Fsp3) is 0. The van der Waals surface area contributed by atoms with Crippen molar-refractivity contribution in [3.05, 3.63) is 0 Å². The topological polar surface area (TPSA) is 0 Å². The molecule has 0 aliphatic heterocycles. The first kappa shape index (κ1) is 93.0. The third kappa shape index (κ3) is 25.2. The van der Waals surface area contributed by atoms with Crippen LogP contribution in [0.4, 0.5) is 0 Å². The molecule has 0 saturated heterocycles. The summed E-state index contributed by atoms with van der Waals surface area (Å²) in [4.78, 5) is 0. The molecule has 0 N–H and O–H groups in total. The maximum absolute atomic E-state index is 7.33. The highest BCUT2D eigenvalue weighted by molar-refractivity contribution is 8.64. The van der Waals surface area contributed by atoms with Gasteiger partial charge in [0.1, 0.15) is 0 Å². The highest BCUT2D eigenvalue weighted by atomic mass is 31.1. The van der Waals surface area contributed by atoms with Gasteiger partial charge in [0.15, 0.2) is 0 Å². The average molecular weight is 961 g/mol. The van der Waals surface area contributed by atoms with Gasteiger partial charge in [-0.3, -0.25) is 7.56 Å². The Bertz CT molecular complexity index is 1380. The van der Waals surface area contributed by atoms with E-state index in [2.05, 4.69) is 0 Å². The second-order valence-electron chi connectivity index (χ2n) is 24.1. The maximum atomic E-state index is 7.33. The van der Waals surface area contributed by atoms with Gasteiger partial charge in [0.05, 0.1) is 18.6 Å². The Balaban J connectivity index is 13.4. The lowest BCUT2D eigenvalue weighted by Crippen LogP contribution is -2.92. The van der Waals surface area contributed by atoms with Crippen LogP contribution in [0.1, 0.15) is 0 Å². The smallest absolute Gasteiger partial charge is 0.0527 e. The molecule has 0 atom stereocenters. The fourth-order valence-corrected chi connectivity index (χ4v) is 20.6. The van der Waals surface area contributed by atoms with Gasteiger partial charge in [-0.25, -0.2) is 0 Å². The van der Waals surface area contributed by atoms with Crippen LogP contribution in [-0.4, -0.2) is 609 Å². The Morgan fingerprint density at radius 1 is 0.138 bits per heavy atom.